The number of hydrogen-bond acceptors (Lipinski definition) is 4. The molecule has 0 saturated heterocycles. The molecule has 0 spiro atoms. The van der Waals surface area contributed by atoms with Gasteiger partial charge in [-0.1, -0.05) is 6.07 Å². The molecule has 0 unspecified atom stereocenters. The van der Waals surface area contributed by atoms with Gasteiger partial charge in [0, 0.05) is 18.3 Å². The van der Waals surface area contributed by atoms with Crippen LogP contribution in [0.5, 0.6) is 5.75 Å². The molecule has 0 fully saturated rings. The lowest BCUT2D eigenvalue weighted by molar-refractivity contribution is -0.274. The highest BCUT2D eigenvalue weighted by molar-refractivity contribution is 6.01. The minimum Gasteiger partial charge on any atom is -0.478 e. The molecule has 0 atom stereocenters. The second-order valence-corrected chi connectivity index (χ2v) is 4.81. The Morgan fingerprint density at radius 2 is 1.92 bits per heavy atom. The molecule has 2 rings (SSSR count). The molecule has 1 aromatic carbocycles. The lowest BCUT2D eigenvalue weighted by Crippen LogP contribution is -2.19. The number of carbonyl (C=O) groups is 2. The number of carboxylic acids is 1. The van der Waals surface area contributed by atoms with Crippen molar-refractivity contribution >= 4 is 11.8 Å². The Morgan fingerprint density at radius 1 is 1.17 bits per heavy atom. The summed E-state index contributed by atoms with van der Waals surface area (Å²) in [4.78, 5) is 27.2. The number of halogens is 3. The number of ether oxygens (including phenoxy) is 1. The van der Waals surface area contributed by atoms with E-state index in [0.717, 1.165) is 18.2 Å². The van der Waals surface area contributed by atoms with Gasteiger partial charge in [0.05, 0.1) is 11.1 Å². The van der Waals surface area contributed by atoms with Gasteiger partial charge in [-0.25, -0.2) is 4.79 Å². The molecule has 24 heavy (non-hydrogen) atoms. The first-order valence-corrected chi connectivity index (χ1v) is 6.82. The van der Waals surface area contributed by atoms with Crippen molar-refractivity contribution in [1.82, 2.24) is 4.98 Å². The highest BCUT2D eigenvalue weighted by Crippen LogP contribution is 2.28. The van der Waals surface area contributed by atoms with Crippen molar-refractivity contribution in [3.05, 3.63) is 59.4 Å². The molecule has 0 aliphatic carbocycles. The number of pyridine rings is 1. The molecule has 0 aliphatic heterocycles. The van der Waals surface area contributed by atoms with Crippen LogP contribution in [0.2, 0.25) is 0 Å². The fourth-order valence-electron chi connectivity index (χ4n) is 2.02. The number of benzene rings is 1. The number of rotatable bonds is 6. The molecule has 1 N–H and O–H groups in total. The van der Waals surface area contributed by atoms with Crippen LogP contribution in [0, 0.1) is 0 Å². The van der Waals surface area contributed by atoms with Crippen LogP contribution in [-0.2, 0) is 6.42 Å². The van der Waals surface area contributed by atoms with Gasteiger partial charge < -0.3 is 9.84 Å². The summed E-state index contributed by atoms with van der Waals surface area (Å²) >= 11 is 0. The number of carboxylic acid groups (broad SMARTS) is 1. The van der Waals surface area contributed by atoms with Crippen LogP contribution < -0.4 is 4.74 Å². The first-order valence-electron chi connectivity index (χ1n) is 6.82. The third-order valence-corrected chi connectivity index (χ3v) is 3.09. The van der Waals surface area contributed by atoms with Crippen molar-refractivity contribution in [3.8, 4) is 5.75 Å². The van der Waals surface area contributed by atoms with E-state index in [1.807, 2.05) is 0 Å². The van der Waals surface area contributed by atoms with Gasteiger partial charge in [0.25, 0.3) is 0 Å². The van der Waals surface area contributed by atoms with Gasteiger partial charge in [0.15, 0.2) is 5.78 Å². The topological polar surface area (TPSA) is 76.5 Å². The van der Waals surface area contributed by atoms with Gasteiger partial charge in [0.1, 0.15) is 5.75 Å². The summed E-state index contributed by atoms with van der Waals surface area (Å²) in [5.41, 5.74) is -0.132. The molecule has 0 radical (unpaired) electrons. The van der Waals surface area contributed by atoms with E-state index in [-0.39, 0.29) is 18.4 Å². The molecule has 2 aromatic rings. The fraction of sp³-hybridized carbons (Fsp3) is 0.188. The predicted octanol–water partition coefficient (Wildman–Crippen LogP) is 3.49. The Balaban J connectivity index is 2.25. The number of nitrogens with zero attached hydrogens (tertiary/aromatic N) is 1. The van der Waals surface area contributed by atoms with Crippen LogP contribution in [0.3, 0.4) is 0 Å². The summed E-state index contributed by atoms with van der Waals surface area (Å²) in [6.07, 6.45) is -3.37. The maximum absolute atomic E-state index is 12.4. The molecular weight excluding hydrogens is 327 g/mol. The molecule has 0 amide bonds. The smallest absolute Gasteiger partial charge is 0.478 e. The summed E-state index contributed by atoms with van der Waals surface area (Å²) in [6, 6.07) is 7.73. The molecule has 126 valence electrons. The lowest BCUT2D eigenvalue weighted by atomic mass is 10.0. The third kappa shape index (κ3) is 4.80. The molecule has 0 bridgehead atoms. The molecule has 8 heteroatoms. The van der Waals surface area contributed by atoms with Crippen molar-refractivity contribution in [2.24, 2.45) is 0 Å². The van der Waals surface area contributed by atoms with Crippen molar-refractivity contribution in [2.75, 3.05) is 0 Å². The van der Waals surface area contributed by atoms with Crippen LogP contribution in [-0.4, -0.2) is 28.2 Å². The Kier molecular flexibility index (Phi) is 5.18. The Hall–Kier alpha value is -2.90. The number of alkyl halides is 3. The monoisotopic (exact) mass is 339 g/mol. The van der Waals surface area contributed by atoms with Crippen molar-refractivity contribution in [3.63, 3.8) is 0 Å². The largest absolute Gasteiger partial charge is 0.573 e. The summed E-state index contributed by atoms with van der Waals surface area (Å²) < 4.78 is 41.1. The fourth-order valence-corrected chi connectivity index (χ4v) is 2.02. The molecule has 0 aliphatic rings. The maximum Gasteiger partial charge on any atom is 0.573 e. The van der Waals surface area contributed by atoms with E-state index in [1.165, 1.54) is 6.20 Å². The number of aryl methyl sites for hydroxylation is 1. The summed E-state index contributed by atoms with van der Waals surface area (Å²) in [5.74, 6) is -2.74. The number of ketones is 1. The SMILES string of the molecule is O=C(O)c1ccc(OC(F)(F)F)c(C(=O)CCc2ccccn2)c1. The average molecular weight is 339 g/mol. The Morgan fingerprint density at radius 3 is 2.50 bits per heavy atom. The second kappa shape index (κ2) is 7.12. The van der Waals surface area contributed by atoms with Crippen LogP contribution in [0.1, 0.15) is 32.8 Å². The van der Waals surface area contributed by atoms with Crippen molar-refractivity contribution in [1.29, 1.82) is 0 Å². The number of aromatic carboxylic acids is 1. The number of aromatic nitrogens is 1. The Labute approximate surface area is 134 Å². The maximum atomic E-state index is 12.4. The normalized spacial score (nSPS) is 11.1. The number of hydrogen-bond donors (Lipinski definition) is 1. The summed E-state index contributed by atoms with van der Waals surface area (Å²) in [6.45, 7) is 0. The van der Waals surface area contributed by atoms with Gasteiger partial charge in [0.2, 0.25) is 0 Å². The van der Waals surface area contributed by atoms with Gasteiger partial charge in [-0.2, -0.15) is 0 Å². The quantitative estimate of drug-likeness (QED) is 0.815. The molecule has 1 aromatic heterocycles. The van der Waals surface area contributed by atoms with E-state index in [2.05, 4.69) is 9.72 Å². The van der Waals surface area contributed by atoms with E-state index < -0.39 is 29.4 Å². The molecular formula is C16H12F3NO4. The highest BCUT2D eigenvalue weighted by atomic mass is 19.4. The van der Waals surface area contributed by atoms with Gasteiger partial charge in [-0.3, -0.25) is 9.78 Å². The third-order valence-electron chi connectivity index (χ3n) is 3.09. The van der Waals surface area contributed by atoms with Crippen molar-refractivity contribution in [2.45, 2.75) is 19.2 Å². The van der Waals surface area contributed by atoms with E-state index >= 15 is 0 Å². The minimum atomic E-state index is -4.99. The first kappa shape index (κ1) is 17.5. The van der Waals surface area contributed by atoms with E-state index in [4.69, 9.17) is 5.11 Å². The Bertz CT molecular complexity index is 745. The van der Waals surface area contributed by atoms with Crippen LogP contribution >= 0.6 is 0 Å². The van der Waals surface area contributed by atoms with Gasteiger partial charge in [-0.15, -0.1) is 13.2 Å². The van der Waals surface area contributed by atoms with Crippen molar-refractivity contribution < 1.29 is 32.6 Å². The average Bonchev–Trinajstić information content (AvgIpc) is 2.52. The second-order valence-electron chi connectivity index (χ2n) is 4.81. The minimum absolute atomic E-state index is 0.131. The predicted molar refractivity (Wildman–Crippen MR) is 77.0 cm³/mol. The number of Topliss-reactive ketones (excluding diaryl/α,β-unsaturated/α-hetero) is 1. The first-order chi connectivity index (χ1) is 11.3. The van der Waals surface area contributed by atoms with Gasteiger partial charge >= 0.3 is 12.3 Å². The van der Waals surface area contributed by atoms with Crippen LogP contribution in [0.15, 0.2) is 42.6 Å². The van der Waals surface area contributed by atoms with Gasteiger partial charge in [-0.05, 0) is 36.8 Å². The summed E-state index contributed by atoms with van der Waals surface area (Å²) in [7, 11) is 0. The number of carbonyl (C=O) groups excluding carboxylic acids is 1. The zero-order valence-corrected chi connectivity index (χ0v) is 12.2. The standard InChI is InChI=1S/C16H12F3NO4/c17-16(18,19)24-14-7-4-10(15(22)23)9-12(14)13(21)6-5-11-3-1-2-8-20-11/h1-4,7-9H,5-6H2,(H,22,23). The van der Waals surface area contributed by atoms with E-state index in [0.29, 0.717) is 5.69 Å². The highest BCUT2D eigenvalue weighted by Gasteiger charge is 2.33. The molecule has 1 heterocycles. The van der Waals surface area contributed by atoms with E-state index in [9.17, 15) is 22.8 Å². The zero-order valence-electron chi connectivity index (χ0n) is 12.2. The van der Waals surface area contributed by atoms with E-state index in [1.54, 1.807) is 18.2 Å². The summed E-state index contributed by atoms with van der Waals surface area (Å²) in [5, 5.41) is 8.94. The van der Waals surface area contributed by atoms with Crippen LogP contribution in [0.25, 0.3) is 0 Å². The van der Waals surface area contributed by atoms with Crippen LogP contribution in [0.4, 0.5) is 13.2 Å². The molecule has 0 saturated carbocycles. The zero-order chi connectivity index (χ0) is 17.7. The lowest BCUT2D eigenvalue weighted by Gasteiger charge is -2.13. The molecule has 5 nitrogen and oxygen atoms in total.